The van der Waals surface area contributed by atoms with E-state index in [2.05, 4.69) is 31.1 Å². The first-order valence-electron chi connectivity index (χ1n) is 31.9. The lowest BCUT2D eigenvalue weighted by molar-refractivity contribution is -0.168. The van der Waals surface area contributed by atoms with Gasteiger partial charge < -0.3 is 57.9 Å². The van der Waals surface area contributed by atoms with Gasteiger partial charge in [0.25, 0.3) is 0 Å². The third-order valence-corrected chi connectivity index (χ3v) is 13.2. The number of hydrogen-bond donors (Lipinski definition) is 2. The van der Waals surface area contributed by atoms with E-state index in [0.29, 0.717) is 56.3 Å². The molecule has 0 spiro atoms. The van der Waals surface area contributed by atoms with Crippen LogP contribution in [0.4, 0.5) is 0 Å². The standard InChI is InChI=1S/C36H61NO11.C12H20O4.C8H14O2.C6H9NO.C5H8O2.C3H4O2/c1-22(2)19-46-31(41)25(7)28(32(42)47-20-23(3)4)18-36(10,34(44)48-21-24(5)6)17-27(37-14-12-13-29(37)38)15-26(30(39)40)16-35(8,9)33(43)45-11;1-9(2)7-15-11(13)5-6-12(14)16-8-10(3)4;1-6(2)5-10-8(9)7(3)4;1-2-7-5-3-4-6(7)8;1-4(2)5(6)7-3;1-2-3(4)5/h22-28H,12-21H2,1-11H3,(H,39,40);5-6,9-10H,7-8H2,1-4H3;6H,3,5H2,1-2,4H3;2H,1,3-5H2;1H2,2-3H3;2H,1H2,(H,4,5)/b;6-5+;;;;. The molecule has 0 aromatic heterocycles. The number of carboxylic acid groups (broad SMARTS) is 2. The zero-order chi connectivity index (χ0) is 73.8. The van der Waals surface area contributed by atoms with Gasteiger partial charge in [-0.25, -0.2) is 24.0 Å². The lowest BCUT2D eigenvalue weighted by atomic mass is 9.71. The summed E-state index contributed by atoms with van der Waals surface area (Å²) in [7, 11) is 2.57. The maximum absolute atomic E-state index is 14.0. The van der Waals surface area contributed by atoms with Gasteiger partial charge in [-0.3, -0.25) is 33.6 Å². The van der Waals surface area contributed by atoms with E-state index in [4.69, 9.17) is 38.3 Å². The van der Waals surface area contributed by atoms with Gasteiger partial charge in [-0.2, -0.15) is 0 Å². The third-order valence-electron chi connectivity index (χ3n) is 13.2. The van der Waals surface area contributed by atoms with Crippen molar-refractivity contribution < 1.29 is 106 Å². The third kappa shape index (κ3) is 44.8. The Morgan fingerprint density at radius 2 is 0.936 bits per heavy atom. The van der Waals surface area contributed by atoms with Crippen LogP contribution >= 0.6 is 0 Å². The van der Waals surface area contributed by atoms with E-state index in [9.17, 15) is 62.6 Å². The minimum absolute atomic E-state index is 0.00263. The molecule has 5 unspecified atom stereocenters. The Labute approximate surface area is 559 Å². The Bertz CT molecular complexity index is 2450. The summed E-state index contributed by atoms with van der Waals surface area (Å²) in [4.78, 5) is 145. The highest BCUT2D eigenvalue weighted by atomic mass is 16.6. The van der Waals surface area contributed by atoms with Crippen molar-refractivity contribution in [3.8, 4) is 0 Å². The van der Waals surface area contributed by atoms with Gasteiger partial charge in [0.05, 0.1) is 82.4 Å². The van der Waals surface area contributed by atoms with E-state index in [1.54, 1.807) is 57.5 Å². The van der Waals surface area contributed by atoms with Crippen LogP contribution in [0.1, 0.15) is 176 Å². The molecule has 94 heavy (non-hydrogen) atoms. The Balaban J connectivity index is -0.000000697. The smallest absolute Gasteiger partial charge is 0.333 e. The summed E-state index contributed by atoms with van der Waals surface area (Å²) in [6.45, 7) is 48.8. The average molecular weight is 1340 g/mol. The molecular formula is C70H116N2O22. The molecule has 2 aliphatic rings. The number of carboxylic acids is 2. The molecule has 2 heterocycles. The number of amides is 2. The van der Waals surface area contributed by atoms with Crippen LogP contribution in [-0.2, 0) is 95.4 Å². The highest BCUT2D eigenvalue weighted by molar-refractivity contribution is 5.92. The van der Waals surface area contributed by atoms with E-state index in [1.165, 1.54) is 14.2 Å². The van der Waals surface area contributed by atoms with E-state index >= 15 is 0 Å². The number of methoxy groups -OCH3 is 2. The molecule has 0 bridgehead atoms. The van der Waals surface area contributed by atoms with Crippen LogP contribution in [-0.4, -0.2) is 165 Å². The van der Waals surface area contributed by atoms with Gasteiger partial charge in [-0.05, 0) is 115 Å². The van der Waals surface area contributed by atoms with Crippen molar-refractivity contribution in [1.82, 2.24) is 9.80 Å². The number of carbonyl (C=O) groups excluding carboxylic acids is 10. The van der Waals surface area contributed by atoms with Gasteiger partial charge in [-0.1, -0.05) is 116 Å². The van der Waals surface area contributed by atoms with Crippen molar-refractivity contribution in [1.29, 1.82) is 0 Å². The number of rotatable bonds is 33. The molecule has 0 saturated carbocycles. The van der Waals surface area contributed by atoms with Crippen LogP contribution in [0.5, 0.6) is 0 Å². The second-order valence-electron chi connectivity index (χ2n) is 26.4. The Hall–Kier alpha value is -7.66. The summed E-state index contributed by atoms with van der Waals surface area (Å²) in [5.74, 6) is -8.31. The van der Waals surface area contributed by atoms with Gasteiger partial charge in [0.2, 0.25) is 11.8 Å². The van der Waals surface area contributed by atoms with E-state index in [-0.39, 0.29) is 105 Å². The van der Waals surface area contributed by atoms with Crippen molar-refractivity contribution >= 4 is 71.5 Å². The minimum Gasteiger partial charge on any atom is -0.481 e. The summed E-state index contributed by atoms with van der Waals surface area (Å²) >= 11 is 0. The highest BCUT2D eigenvalue weighted by Gasteiger charge is 2.48. The van der Waals surface area contributed by atoms with Crippen LogP contribution in [0.2, 0.25) is 0 Å². The van der Waals surface area contributed by atoms with Gasteiger partial charge in [-0.15, -0.1) is 0 Å². The summed E-state index contributed by atoms with van der Waals surface area (Å²) in [5.41, 5.74) is -1.69. The zero-order valence-corrected chi connectivity index (χ0v) is 60.2. The van der Waals surface area contributed by atoms with Gasteiger partial charge in [0.15, 0.2) is 0 Å². The fraction of sp³-hybridized carbons (Fsp3) is 0.686. The molecule has 2 rings (SSSR count). The van der Waals surface area contributed by atoms with Crippen molar-refractivity contribution in [3.05, 3.63) is 61.9 Å². The molecule has 2 saturated heterocycles. The Morgan fingerprint density at radius 1 is 0.532 bits per heavy atom. The fourth-order valence-electron chi connectivity index (χ4n) is 8.12. The quantitative estimate of drug-likeness (QED) is 0.0350. The molecule has 2 aliphatic heterocycles. The zero-order valence-electron chi connectivity index (χ0n) is 60.2. The highest BCUT2D eigenvalue weighted by Crippen LogP contribution is 2.41. The van der Waals surface area contributed by atoms with Gasteiger partial charge in [0, 0.05) is 61.3 Å². The average Bonchev–Trinajstić information content (AvgIpc) is 1.14. The van der Waals surface area contributed by atoms with Gasteiger partial charge in [0.1, 0.15) is 0 Å². The van der Waals surface area contributed by atoms with Crippen molar-refractivity contribution in [3.63, 3.8) is 0 Å². The number of esters is 8. The summed E-state index contributed by atoms with van der Waals surface area (Å²) < 4.78 is 40.5. The van der Waals surface area contributed by atoms with E-state index in [1.807, 2.05) is 83.1 Å². The van der Waals surface area contributed by atoms with Crippen molar-refractivity contribution in [2.75, 3.05) is 67.0 Å². The molecule has 2 N–H and O–H groups in total. The molecule has 538 valence electrons. The monoisotopic (exact) mass is 1340 g/mol. The number of ether oxygens (including phenoxy) is 8. The SMILES string of the molecule is C=C(C)C(=O)OC.C=C(C)C(=O)OCC(C)C.C=CC(=O)O.C=CN1CCCC1=O.CC(C)COC(=O)/C=C/C(=O)OCC(C)C.COC(=O)C(C)(C)CC(CC(CC(C)(CC(C(=O)OCC(C)C)C(C)C(=O)OCC(C)C)C(=O)OCC(C)C)N1CCCC1=O)C(=O)O. The first kappa shape index (κ1) is 92.7. The molecule has 5 atom stereocenters. The lowest BCUT2D eigenvalue weighted by Crippen LogP contribution is -2.47. The topological polar surface area (TPSA) is 326 Å². The lowest BCUT2D eigenvalue weighted by Gasteiger charge is -2.39. The number of likely N-dealkylation sites (tertiary alicyclic amines) is 2. The largest absolute Gasteiger partial charge is 0.481 e. The molecule has 0 radical (unpaired) electrons. The second-order valence-corrected chi connectivity index (χ2v) is 26.4. The van der Waals surface area contributed by atoms with Crippen LogP contribution < -0.4 is 0 Å². The summed E-state index contributed by atoms with van der Waals surface area (Å²) in [5, 5.41) is 17.9. The number of nitrogens with zero attached hydrogens (tertiary/aromatic N) is 2. The predicted octanol–water partition coefficient (Wildman–Crippen LogP) is 10.7. The molecule has 0 aromatic rings. The maximum atomic E-state index is 14.0. The molecular weight excluding hydrogens is 1220 g/mol. The molecule has 2 fully saturated rings. The number of carbonyl (C=O) groups is 12. The molecule has 2 amide bonds. The molecule has 0 aromatic carbocycles. The van der Waals surface area contributed by atoms with Gasteiger partial charge >= 0.3 is 59.7 Å². The molecule has 24 nitrogen and oxygen atoms in total. The van der Waals surface area contributed by atoms with Crippen molar-refractivity contribution in [2.45, 2.75) is 182 Å². The number of hydrogen-bond acceptors (Lipinski definition) is 20. The van der Waals surface area contributed by atoms with Crippen LogP contribution in [0.15, 0.2) is 61.9 Å². The van der Waals surface area contributed by atoms with E-state index in [0.717, 1.165) is 31.2 Å². The molecule has 24 heteroatoms. The predicted molar refractivity (Wildman–Crippen MR) is 355 cm³/mol. The fourth-order valence-corrected chi connectivity index (χ4v) is 8.12. The van der Waals surface area contributed by atoms with Crippen LogP contribution in [0.25, 0.3) is 0 Å². The number of aliphatic carboxylic acids is 2. The van der Waals surface area contributed by atoms with Crippen LogP contribution in [0.3, 0.4) is 0 Å². The first-order chi connectivity index (χ1) is 43.4. The Morgan fingerprint density at radius 3 is 1.27 bits per heavy atom. The van der Waals surface area contributed by atoms with Crippen LogP contribution in [0, 0.1) is 64.1 Å². The first-order valence-corrected chi connectivity index (χ1v) is 31.9. The summed E-state index contributed by atoms with van der Waals surface area (Å²) in [6.07, 6.45) is 6.82. The van der Waals surface area contributed by atoms with Crippen molar-refractivity contribution in [2.24, 2.45) is 64.1 Å². The van der Waals surface area contributed by atoms with E-state index < -0.39 is 82.4 Å². The second kappa shape index (κ2) is 49.9. The molecule has 0 aliphatic carbocycles. The summed E-state index contributed by atoms with van der Waals surface area (Å²) in [6, 6.07) is -0.748. The normalized spacial score (nSPS) is 14.4. The minimum atomic E-state index is -1.45. The Kier molecular flexibility index (Phi) is 49.2. The maximum Gasteiger partial charge on any atom is 0.333 e.